The molecule has 0 unspecified atom stereocenters. The summed E-state index contributed by atoms with van der Waals surface area (Å²) in [6, 6.07) is 3.92. The monoisotopic (exact) mass is 207 g/mol. The molecule has 0 atom stereocenters. The van der Waals surface area contributed by atoms with Gasteiger partial charge < -0.3 is 5.11 Å². The summed E-state index contributed by atoms with van der Waals surface area (Å²) in [7, 11) is 0. The van der Waals surface area contributed by atoms with Gasteiger partial charge in [0.1, 0.15) is 0 Å². The lowest BCUT2D eigenvalue weighted by Gasteiger charge is -2.22. The van der Waals surface area contributed by atoms with Crippen molar-refractivity contribution in [1.82, 2.24) is 4.98 Å². The second kappa shape index (κ2) is 5.26. The lowest BCUT2D eigenvalue weighted by Crippen LogP contribution is -2.20. The summed E-state index contributed by atoms with van der Waals surface area (Å²) in [6.45, 7) is 5.96. The van der Waals surface area contributed by atoms with Crippen molar-refractivity contribution in [2.45, 2.75) is 52.1 Å². The van der Waals surface area contributed by atoms with Crippen LogP contribution in [0.25, 0.3) is 0 Å². The van der Waals surface area contributed by atoms with Gasteiger partial charge in [0.25, 0.3) is 0 Å². The largest absolute Gasteiger partial charge is 0.385 e. The highest BCUT2D eigenvalue weighted by molar-refractivity contribution is 5.23. The SMILES string of the molecule is CC.Cc1cc(C2(O)CCCC2)ccn1. The standard InChI is InChI=1S/C11H15NO.C2H6/c1-9-8-10(4-7-12-9)11(13)5-2-3-6-11;1-2/h4,7-8,13H,2-3,5-6H2,1H3;1-2H3. The van der Waals surface area contributed by atoms with Crippen LogP contribution in [0.15, 0.2) is 18.3 Å². The molecule has 15 heavy (non-hydrogen) atoms. The first kappa shape index (κ1) is 12.2. The molecule has 0 radical (unpaired) electrons. The minimum absolute atomic E-state index is 0.562. The fourth-order valence-electron chi connectivity index (χ4n) is 2.08. The Balaban J connectivity index is 0.000000531. The number of rotatable bonds is 1. The van der Waals surface area contributed by atoms with Crippen LogP contribution < -0.4 is 0 Å². The molecule has 0 aliphatic heterocycles. The highest BCUT2D eigenvalue weighted by Gasteiger charge is 2.32. The van der Waals surface area contributed by atoms with Gasteiger partial charge in [0.2, 0.25) is 0 Å². The molecular weight excluding hydrogens is 186 g/mol. The van der Waals surface area contributed by atoms with Gasteiger partial charge in [-0.1, -0.05) is 26.7 Å². The lowest BCUT2D eigenvalue weighted by atomic mass is 9.93. The first-order chi connectivity index (χ1) is 7.21. The second-order valence-corrected chi connectivity index (χ2v) is 3.92. The van der Waals surface area contributed by atoms with E-state index in [0.717, 1.165) is 36.9 Å². The van der Waals surface area contributed by atoms with Crippen LogP contribution >= 0.6 is 0 Å². The van der Waals surface area contributed by atoms with Crippen LogP contribution in [-0.4, -0.2) is 10.1 Å². The van der Waals surface area contributed by atoms with E-state index in [-0.39, 0.29) is 0 Å². The Morgan fingerprint density at radius 1 is 1.27 bits per heavy atom. The van der Waals surface area contributed by atoms with E-state index in [1.54, 1.807) is 6.20 Å². The van der Waals surface area contributed by atoms with Crippen molar-refractivity contribution in [2.24, 2.45) is 0 Å². The molecule has 2 heteroatoms. The Kier molecular flexibility index (Phi) is 4.28. The van der Waals surface area contributed by atoms with Gasteiger partial charge in [0.15, 0.2) is 0 Å². The van der Waals surface area contributed by atoms with E-state index < -0.39 is 5.60 Å². The van der Waals surface area contributed by atoms with E-state index in [9.17, 15) is 5.11 Å². The molecule has 1 N–H and O–H groups in total. The van der Waals surface area contributed by atoms with E-state index in [1.165, 1.54) is 0 Å². The molecule has 0 amide bonds. The van der Waals surface area contributed by atoms with Crippen LogP contribution in [-0.2, 0) is 5.60 Å². The minimum Gasteiger partial charge on any atom is -0.385 e. The quantitative estimate of drug-likeness (QED) is 0.767. The fraction of sp³-hybridized carbons (Fsp3) is 0.615. The lowest BCUT2D eigenvalue weighted by molar-refractivity contribution is 0.0443. The number of aromatic nitrogens is 1. The van der Waals surface area contributed by atoms with Gasteiger partial charge in [-0.15, -0.1) is 0 Å². The highest BCUT2D eigenvalue weighted by Crippen LogP contribution is 2.38. The Morgan fingerprint density at radius 3 is 2.40 bits per heavy atom. The van der Waals surface area contributed by atoms with Crippen molar-refractivity contribution < 1.29 is 5.11 Å². The summed E-state index contributed by atoms with van der Waals surface area (Å²) in [5.41, 5.74) is 1.46. The van der Waals surface area contributed by atoms with Gasteiger partial charge in [0.05, 0.1) is 5.60 Å². The van der Waals surface area contributed by atoms with Gasteiger partial charge in [-0.25, -0.2) is 0 Å². The molecule has 0 saturated heterocycles. The number of aryl methyl sites for hydroxylation is 1. The van der Waals surface area contributed by atoms with Gasteiger partial charge in [0, 0.05) is 11.9 Å². The normalized spacial score (nSPS) is 18.1. The van der Waals surface area contributed by atoms with E-state index in [4.69, 9.17) is 0 Å². The molecule has 2 rings (SSSR count). The molecule has 84 valence electrons. The first-order valence-corrected chi connectivity index (χ1v) is 5.86. The molecular formula is C13H21NO. The Hall–Kier alpha value is -0.890. The third kappa shape index (κ3) is 2.78. The smallest absolute Gasteiger partial charge is 0.0897 e. The average Bonchev–Trinajstić information content (AvgIpc) is 2.70. The summed E-state index contributed by atoms with van der Waals surface area (Å²) < 4.78 is 0. The minimum atomic E-state index is -0.562. The first-order valence-electron chi connectivity index (χ1n) is 5.86. The topological polar surface area (TPSA) is 33.1 Å². The summed E-state index contributed by atoms with van der Waals surface area (Å²) >= 11 is 0. The van der Waals surface area contributed by atoms with Crippen molar-refractivity contribution in [1.29, 1.82) is 0 Å². The second-order valence-electron chi connectivity index (χ2n) is 3.92. The molecule has 0 aromatic carbocycles. The number of hydrogen-bond donors (Lipinski definition) is 1. The van der Waals surface area contributed by atoms with Gasteiger partial charge in [-0.3, -0.25) is 4.98 Å². The maximum atomic E-state index is 10.3. The third-order valence-corrected chi connectivity index (χ3v) is 2.86. The Labute approximate surface area is 92.4 Å². The molecule has 1 fully saturated rings. The molecule has 1 aromatic heterocycles. The number of pyridine rings is 1. The van der Waals surface area contributed by atoms with E-state index in [1.807, 2.05) is 32.9 Å². The third-order valence-electron chi connectivity index (χ3n) is 2.86. The van der Waals surface area contributed by atoms with Crippen molar-refractivity contribution in [3.8, 4) is 0 Å². The van der Waals surface area contributed by atoms with Gasteiger partial charge in [-0.05, 0) is 37.5 Å². The number of nitrogens with zero attached hydrogens (tertiary/aromatic N) is 1. The maximum Gasteiger partial charge on any atom is 0.0897 e. The van der Waals surface area contributed by atoms with Gasteiger partial charge in [-0.2, -0.15) is 0 Å². The predicted molar refractivity (Wildman–Crippen MR) is 62.7 cm³/mol. The molecule has 0 bridgehead atoms. The van der Waals surface area contributed by atoms with E-state index in [0.29, 0.717) is 0 Å². The van der Waals surface area contributed by atoms with Crippen molar-refractivity contribution in [2.75, 3.05) is 0 Å². The zero-order valence-corrected chi connectivity index (χ0v) is 9.95. The van der Waals surface area contributed by atoms with Crippen molar-refractivity contribution in [3.63, 3.8) is 0 Å². The molecule has 1 aliphatic rings. The van der Waals surface area contributed by atoms with Crippen LogP contribution in [0.4, 0.5) is 0 Å². The number of hydrogen-bond acceptors (Lipinski definition) is 2. The van der Waals surface area contributed by atoms with Crippen LogP contribution in [0, 0.1) is 6.92 Å². The van der Waals surface area contributed by atoms with Crippen LogP contribution in [0.3, 0.4) is 0 Å². The summed E-state index contributed by atoms with van der Waals surface area (Å²) in [5.74, 6) is 0. The van der Waals surface area contributed by atoms with E-state index >= 15 is 0 Å². The molecule has 1 saturated carbocycles. The molecule has 2 nitrogen and oxygen atoms in total. The van der Waals surface area contributed by atoms with Crippen molar-refractivity contribution in [3.05, 3.63) is 29.6 Å². The summed E-state index contributed by atoms with van der Waals surface area (Å²) in [4.78, 5) is 4.13. The molecule has 1 heterocycles. The fourth-order valence-corrected chi connectivity index (χ4v) is 2.08. The van der Waals surface area contributed by atoms with Crippen molar-refractivity contribution >= 4 is 0 Å². The zero-order chi connectivity index (χ0) is 11.3. The molecule has 0 spiro atoms. The van der Waals surface area contributed by atoms with Gasteiger partial charge >= 0.3 is 0 Å². The Bertz CT molecular complexity index is 303. The highest BCUT2D eigenvalue weighted by atomic mass is 16.3. The van der Waals surface area contributed by atoms with Crippen LogP contribution in [0.5, 0.6) is 0 Å². The zero-order valence-electron chi connectivity index (χ0n) is 9.95. The molecule has 1 aliphatic carbocycles. The van der Waals surface area contributed by atoms with Crippen LogP contribution in [0.2, 0.25) is 0 Å². The molecule has 1 aromatic rings. The number of aliphatic hydroxyl groups is 1. The predicted octanol–water partition coefficient (Wildman–Crippen LogP) is 3.18. The Morgan fingerprint density at radius 2 is 1.87 bits per heavy atom. The summed E-state index contributed by atoms with van der Waals surface area (Å²) in [6.07, 6.45) is 5.85. The summed E-state index contributed by atoms with van der Waals surface area (Å²) in [5, 5.41) is 10.3. The van der Waals surface area contributed by atoms with E-state index in [2.05, 4.69) is 4.98 Å². The van der Waals surface area contributed by atoms with Crippen LogP contribution in [0.1, 0.15) is 50.8 Å². The maximum absolute atomic E-state index is 10.3. The average molecular weight is 207 g/mol.